The number of hydrogen-bond donors (Lipinski definition) is 1. The van der Waals surface area contributed by atoms with Crippen molar-refractivity contribution in [2.45, 2.75) is 45.6 Å². The molecule has 1 amide bonds. The van der Waals surface area contributed by atoms with Crippen LogP contribution in [0.1, 0.15) is 40.2 Å². The van der Waals surface area contributed by atoms with E-state index in [9.17, 15) is 9.18 Å². The first-order chi connectivity index (χ1) is 9.05. The molecular formula is C15H19FN2O2. The average molecular weight is 278 g/mol. The van der Waals surface area contributed by atoms with Gasteiger partial charge in [-0.3, -0.25) is 5.32 Å². The van der Waals surface area contributed by atoms with E-state index in [0.29, 0.717) is 11.3 Å². The molecule has 4 nitrogen and oxygen atoms in total. The SMILES string of the molecule is CC(C)(C)OC(=O)Nc1ccc(F)cc1C(C)(C)C#N. The minimum Gasteiger partial charge on any atom is -0.444 e. The maximum absolute atomic E-state index is 13.4. The Morgan fingerprint density at radius 2 is 1.90 bits per heavy atom. The zero-order chi connectivity index (χ0) is 15.6. The van der Waals surface area contributed by atoms with Gasteiger partial charge in [0.05, 0.1) is 11.5 Å². The lowest BCUT2D eigenvalue weighted by Crippen LogP contribution is -2.28. The van der Waals surface area contributed by atoms with E-state index >= 15 is 0 Å². The summed E-state index contributed by atoms with van der Waals surface area (Å²) in [5.41, 5.74) is -0.778. The number of halogens is 1. The van der Waals surface area contributed by atoms with Gasteiger partial charge in [0, 0.05) is 5.69 Å². The van der Waals surface area contributed by atoms with Crippen LogP contribution in [0.4, 0.5) is 14.9 Å². The van der Waals surface area contributed by atoms with Gasteiger partial charge in [-0.15, -0.1) is 0 Å². The van der Waals surface area contributed by atoms with Crippen molar-refractivity contribution in [2.24, 2.45) is 0 Å². The van der Waals surface area contributed by atoms with Crippen molar-refractivity contribution in [3.8, 4) is 6.07 Å². The summed E-state index contributed by atoms with van der Waals surface area (Å²) in [6.07, 6.45) is -0.640. The summed E-state index contributed by atoms with van der Waals surface area (Å²) in [5.74, 6) is -0.460. The van der Waals surface area contributed by atoms with Crippen LogP contribution in [0.25, 0.3) is 0 Å². The molecule has 5 heteroatoms. The molecule has 1 N–H and O–H groups in total. The molecule has 0 spiro atoms. The van der Waals surface area contributed by atoms with E-state index in [1.807, 2.05) is 0 Å². The molecule has 20 heavy (non-hydrogen) atoms. The van der Waals surface area contributed by atoms with Crippen molar-refractivity contribution in [3.63, 3.8) is 0 Å². The molecule has 0 saturated carbocycles. The number of nitriles is 1. The van der Waals surface area contributed by atoms with Crippen molar-refractivity contribution in [1.82, 2.24) is 0 Å². The molecule has 0 aliphatic rings. The Kier molecular flexibility index (Phi) is 4.39. The van der Waals surface area contributed by atoms with E-state index in [-0.39, 0.29) is 0 Å². The highest BCUT2D eigenvalue weighted by Gasteiger charge is 2.25. The van der Waals surface area contributed by atoms with Gasteiger partial charge >= 0.3 is 6.09 Å². The van der Waals surface area contributed by atoms with Crippen molar-refractivity contribution >= 4 is 11.8 Å². The predicted octanol–water partition coefficient (Wildman–Crippen LogP) is 3.97. The molecule has 1 rings (SSSR count). The van der Waals surface area contributed by atoms with Crippen molar-refractivity contribution in [1.29, 1.82) is 5.26 Å². The molecule has 0 atom stereocenters. The number of benzene rings is 1. The van der Waals surface area contributed by atoms with Crippen LogP contribution in [-0.2, 0) is 10.2 Å². The Hall–Kier alpha value is -2.09. The number of nitrogens with zero attached hydrogens (tertiary/aromatic N) is 1. The smallest absolute Gasteiger partial charge is 0.412 e. The van der Waals surface area contributed by atoms with E-state index < -0.39 is 22.9 Å². The number of rotatable bonds is 2. The summed E-state index contributed by atoms with van der Waals surface area (Å²) < 4.78 is 18.5. The quantitative estimate of drug-likeness (QED) is 0.890. The monoisotopic (exact) mass is 278 g/mol. The Bertz CT molecular complexity index is 554. The van der Waals surface area contributed by atoms with E-state index in [4.69, 9.17) is 10.00 Å². The predicted molar refractivity (Wildman–Crippen MR) is 74.9 cm³/mol. The minimum atomic E-state index is -0.924. The Morgan fingerprint density at radius 1 is 1.30 bits per heavy atom. The van der Waals surface area contributed by atoms with E-state index in [0.717, 1.165) is 0 Å². The molecule has 0 bridgehead atoms. The Morgan fingerprint density at radius 3 is 2.40 bits per heavy atom. The van der Waals surface area contributed by atoms with E-state index in [2.05, 4.69) is 11.4 Å². The number of anilines is 1. The zero-order valence-electron chi connectivity index (χ0n) is 12.4. The molecule has 0 aliphatic heterocycles. The van der Waals surface area contributed by atoms with E-state index in [1.165, 1.54) is 18.2 Å². The molecule has 0 heterocycles. The third-order valence-corrected chi connectivity index (χ3v) is 2.57. The molecule has 1 aromatic carbocycles. The molecule has 1 aromatic rings. The van der Waals surface area contributed by atoms with Gasteiger partial charge in [0.25, 0.3) is 0 Å². The molecule has 0 fully saturated rings. The zero-order valence-corrected chi connectivity index (χ0v) is 12.4. The highest BCUT2D eigenvalue weighted by molar-refractivity contribution is 5.86. The van der Waals surface area contributed by atoms with Crippen LogP contribution in [0.3, 0.4) is 0 Å². The fourth-order valence-electron chi connectivity index (χ4n) is 1.62. The standard InChI is InChI=1S/C15H19FN2O2/c1-14(2,3)20-13(19)18-12-7-6-10(16)8-11(12)15(4,5)9-17/h6-8H,1-5H3,(H,18,19). The second-order valence-corrected chi connectivity index (χ2v) is 6.05. The Balaban J connectivity index is 3.08. The summed E-state index contributed by atoms with van der Waals surface area (Å²) >= 11 is 0. The molecule has 0 aromatic heterocycles. The maximum Gasteiger partial charge on any atom is 0.412 e. The second kappa shape index (κ2) is 5.49. The average Bonchev–Trinajstić information content (AvgIpc) is 2.29. The fourth-order valence-corrected chi connectivity index (χ4v) is 1.62. The summed E-state index contributed by atoms with van der Waals surface area (Å²) in [6.45, 7) is 8.55. The van der Waals surface area contributed by atoms with Gasteiger partial charge in [-0.2, -0.15) is 5.26 Å². The lowest BCUT2D eigenvalue weighted by molar-refractivity contribution is 0.0635. The third kappa shape index (κ3) is 4.23. The Labute approximate surface area is 118 Å². The molecule has 108 valence electrons. The number of ether oxygens (including phenoxy) is 1. The van der Waals surface area contributed by atoms with Crippen LogP contribution in [0, 0.1) is 17.1 Å². The first-order valence-corrected chi connectivity index (χ1v) is 6.26. The number of amides is 1. The second-order valence-electron chi connectivity index (χ2n) is 6.05. The summed E-state index contributed by atoms with van der Waals surface area (Å²) in [4.78, 5) is 11.8. The molecule has 0 saturated heterocycles. The number of nitrogens with one attached hydrogen (secondary N) is 1. The summed E-state index contributed by atoms with van der Waals surface area (Å²) in [5, 5.41) is 11.7. The largest absolute Gasteiger partial charge is 0.444 e. The van der Waals surface area contributed by atoms with Gasteiger partial charge < -0.3 is 4.74 Å². The van der Waals surface area contributed by atoms with Gasteiger partial charge in [-0.1, -0.05) is 0 Å². The molecule has 0 radical (unpaired) electrons. The lowest BCUT2D eigenvalue weighted by Gasteiger charge is -2.23. The van der Waals surface area contributed by atoms with Crippen molar-refractivity contribution < 1.29 is 13.9 Å². The van der Waals surface area contributed by atoms with Gasteiger partial charge in [-0.25, -0.2) is 9.18 Å². The fraction of sp³-hybridized carbons (Fsp3) is 0.467. The highest BCUT2D eigenvalue weighted by Crippen LogP contribution is 2.30. The molecule has 0 unspecified atom stereocenters. The summed E-state index contributed by atoms with van der Waals surface area (Å²) in [6, 6.07) is 5.98. The first-order valence-electron chi connectivity index (χ1n) is 6.26. The lowest BCUT2D eigenvalue weighted by atomic mass is 9.85. The minimum absolute atomic E-state index is 0.368. The number of carbonyl (C=O) groups excluding carboxylic acids is 1. The first kappa shape index (κ1) is 16.0. The van der Waals surface area contributed by atoms with Crippen LogP contribution in [-0.4, -0.2) is 11.7 Å². The number of hydrogen-bond acceptors (Lipinski definition) is 3. The van der Waals surface area contributed by atoms with Crippen molar-refractivity contribution in [2.75, 3.05) is 5.32 Å². The van der Waals surface area contributed by atoms with E-state index in [1.54, 1.807) is 34.6 Å². The van der Waals surface area contributed by atoms with Gasteiger partial charge in [0.1, 0.15) is 11.4 Å². The van der Waals surface area contributed by atoms with Crippen LogP contribution in [0.15, 0.2) is 18.2 Å². The molecular weight excluding hydrogens is 259 g/mol. The summed E-state index contributed by atoms with van der Waals surface area (Å²) in [7, 11) is 0. The van der Waals surface area contributed by atoms with Gasteiger partial charge in [0.2, 0.25) is 0 Å². The van der Waals surface area contributed by atoms with Crippen LogP contribution < -0.4 is 5.32 Å². The van der Waals surface area contributed by atoms with Crippen LogP contribution in [0.5, 0.6) is 0 Å². The van der Waals surface area contributed by atoms with Crippen LogP contribution >= 0.6 is 0 Å². The van der Waals surface area contributed by atoms with Crippen LogP contribution in [0.2, 0.25) is 0 Å². The molecule has 0 aliphatic carbocycles. The van der Waals surface area contributed by atoms with Gasteiger partial charge in [-0.05, 0) is 58.4 Å². The normalized spacial score (nSPS) is 11.7. The van der Waals surface area contributed by atoms with Crippen molar-refractivity contribution in [3.05, 3.63) is 29.6 Å². The maximum atomic E-state index is 13.4. The van der Waals surface area contributed by atoms with Gasteiger partial charge in [0.15, 0.2) is 0 Å². The third-order valence-electron chi connectivity index (χ3n) is 2.57. The number of carbonyl (C=O) groups is 1. The highest BCUT2D eigenvalue weighted by atomic mass is 19.1. The topological polar surface area (TPSA) is 62.1 Å².